The second-order valence-electron chi connectivity index (χ2n) is 5.70. The molecule has 144 valence electrons. The van der Waals surface area contributed by atoms with E-state index in [-0.39, 0.29) is 16.3 Å². The van der Waals surface area contributed by atoms with Crippen molar-refractivity contribution in [1.82, 2.24) is 4.98 Å². The van der Waals surface area contributed by atoms with E-state index in [1.165, 1.54) is 54.9 Å². The molecular weight excluding hydrogens is 391 g/mol. The predicted molar refractivity (Wildman–Crippen MR) is 100 cm³/mol. The quantitative estimate of drug-likeness (QED) is 0.628. The Labute approximate surface area is 159 Å². The van der Waals surface area contributed by atoms with Crippen molar-refractivity contribution in [2.24, 2.45) is 4.99 Å². The molecule has 28 heavy (non-hydrogen) atoms. The standard InChI is InChI=1S/C19H14F3N3O2S/c20-19(21,22)15-5-3-4-14(12-15)13-24-16-7-9-17(10-8-16)28(26,27)25-18-6-1-2-11-23-18/h1-13H,(H,23,25). The lowest BCUT2D eigenvalue weighted by Crippen LogP contribution is -2.13. The second kappa shape index (κ2) is 7.81. The smallest absolute Gasteiger partial charge is 0.263 e. The summed E-state index contributed by atoms with van der Waals surface area (Å²) in [5, 5.41) is 0. The molecule has 3 rings (SSSR count). The Morgan fingerprint density at radius 3 is 2.36 bits per heavy atom. The number of benzene rings is 2. The van der Waals surface area contributed by atoms with Gasteiger partial charge in [-0.25, -0.2) is 13.4 Å². The molecule has 1 aromatic heterocycles. The number of anilines is 1. The number of nitrogens with one attached hydrogen (secondary N) is 1. The van der Waals surface area contributed by atoms with Crippen LogP contribution in [-0.2, 0) is 16.2 Å². The van der Waals surface area contributed by atoms with Crippen LogP contribution in [0, 0.1) is 0 Å². The predicted octanol–water partition coefficient (Wildman–Crippen LogP) is 4.65. The van der Waals surface area contributed by atoms with Crippen molar-refractivity contribution < 1.29 is 21.6 Å². The first-order valence-electron chi connectivity index (χ1n) is 7.99. The van der Waals surface area contributed by atoms with Crippen LogP contribution in [0.2, 0.25) is 0 Å². The number of rotatable bonds is 5. The molecule has 0 amide bonds. The largest absolute Gasteiger partial charge is 0.416 e. The van der Waals surface area contributed by atoms with Gasteiger partial charge in [-0.15, -0.1) is 0 Å². The maximum absolute atomic E-state index is 12.7. The van der Waals surface area contributed by atoms with Crippen molar-refractivity contribution in [2.45, 2.75) is 11.1 Å². The second-order valence-corrected chi connectivity index (χ2v) is 7.38. The van der Waals surface area contributed by atoms with Crippen LogP contribution in [0.25, 0.3) is 0 Å². The zero-order chi connectivity index (χ0) is 20.2. The van der Waals surface area contributed by atoms with E-state index in [1.54, 1.807) is 12.1 Å². The molecule has 0 bridgehead atoms. The molecular formula is C19H14F3N3O2S. The SMILES string of the molecule is O=S(=O)(Nc1ccccn1)c1ccc(N=Cc2cccc(C(F)(F)F)c2)cc1. The zero-order valence-corrected chi connectivity index (χ0v) is 15.1. The average Bonchev–Trinajstić information content (AvgIpc) is 2.67. The molecule has 0 radical (unpaired) electrons. The van der Waals surface area contributed by atoms with Gasteiger partial charge in [0.2, 0.25) is 0 Å². The molecule has 1 N–H and O–H groups in total. The van der Waals surface area contributed by atoms with Crippen molar-refractivity contribution in [3.63, 3.8) is 0 Å². The van der Waals surface area contributed by atoms with Gasteiger partial charge < -0.3 is 0 Å². The lowest BCUT2D eigenvalue weighted by Gasteiger charge is -2.07. The molecule has 0 aliphatic heterocycles. The first-order valence-corrected chi connectivity index (χ1v) is 9.48. The van der Waals surface area contributed by atoms with Gasteiger partial charge in [-0.1, -0.05) is 18.2 Å². The molecule has 1 heterocycles. The fourth-order valence-corrected chi connectivity index (χ4v) is 3.28. The molecule has 0 saturated carbocycles. The van der Waals surface area contributed by atoms with Gasteiger partial charge >= 0.3 is 6.18 Å². The van der Waals surface area contributed by atoms with Crippen molar-refractivity contribution in [3.8, 4) is 0 Å². The van der Waals surface area contributed by atoms with Gasteiger partial charge in [0, 0.05) is 12.4 Å². The lowest BCUT2D eigenvalue weighted by atomic mass is 10.1. The summed E-state index contributed by atoms with van der Waals surface area (Å²) in [6, 6.07) is 15.2. The van der Waals surface area contributed by atoms with Crippen LogP contribution >= 0.6 is 0 Å². The molecule has 0 unspecified atom stereocenters. The van der Waals surface area contributed by atoms with Crippen LogP contribution in [0.5, 0.6) is 0 Å². The summed E-state index contributed by atoms with van der Waals surface area (Å²) in [7, 11) is -3.81. The Bertz CT molecular complexity index is 1080. The summed E-state index contributed by atoms with van der Waals surface area (Å²) in [6.45, 7) is 0. The fourth-order valence-electron chi connectivity index (χ4n) is 2.28. The summed E-state index contributed by atoms with van der Waals surface area (Å²) in [4.78, 5) is 8.00. The molecule has 0 saturated heterocycles. The van der Waals surface area contributed by atoms with E-state index >= 15 is 0 Å². The van der Waals surface area contributed by atoms with Crippen LogP contribution in [0.15, 0.2) is 82.8 Å². The summed E-state index contributed by atoms with van der Waals surface area (Å²) >= 11 is 0. The van der Waals surface area contributed by atoms with Gasteiger partial charge in [0.05, 0.1) is 16.1 Å². The van der Waals surface area contributed by atoms with Crippen LogP contribution in [0.3, 0.4) is 0 Å². The lowest BCUT2D eigenvalue weighted by molar-refractivity contribution is -0.137. The van der Waals surface area contributed by atoms with Gasteiger partial charge in [0.15, 0.2) is 0 Å². The number of aliphatic imine (C=N–C) groups is 1. The zero-order valence-electron chi connectivity index (χ0n) is 14.3. The van der Waals surface area contributed by atoms with E-state index in [0.29, 0.717) is 5.69 Å². The van der Waals surface area contributed by atoms with E-state index in [9.17, 15) is 21.6 Å². The molecule has 0 atom stereocenters. The van der Waals surface area contributed by atoms with Gasteiger partial charge in [0.1, 0.15) is 5.82 Å². The Morgan fingerprint density at radius 2 is 1.71 bits per heavy atom. The number of halogens is 3. The Hall–Kier alpha value is -3.20. The van der Waals surface area contributed by atoms with Crippen LogP contribution in [0.4, 0.5) is 24.7 Å². The highest BCUT2D eigenvalue weighted by atomic mass is 32.2. The molecule has 0 aliphatic rings. The number of sulfonamides is 1. The first-order chi connectivity index (χ1) is 13.2. The minimum absolute atomic E-state index is 0.0103. The number of hydrogen-bond acceptors (Lipinski definition) is 4. The topological polar surface area (TPSA) is 71.4 Å². The van der Waals surface area contributed by atoms with Crippen molar-refractivity contribution in [2.75, 3.05) is 4.72 Å². The Kier molecular flexibility index (Phi) is 5.46. The van der Waals surface area contributed by atoms with E-state index in [4.69, 9.17) is 0 Å². The van der Waals surface area contributed by atoms with Gasteiger partial charge in [-0.3, -0.25) is 9.71 Å². The van der Waals surface area contributed by atoms with Gasteiger partial charge in [-0.05, 0) is 54.1 Å². The third-order valence-electron chi connectivity index (χ3n) is 3.63. The Morgan fingerprint density at radius 1 is 0.964 bits per heavy atom. The minimum atomic E-state index is -4.43. The maximum Gasteiger partial charge on any atom is 0.416 e. The first kappa shape index (κ1) is 19.6. The highest BCUT2D eigenvalue weighted by Gasteiger charge is 2.30. The fraction of sp³-hybridized carbons (Fsp3) is 0.0526. The third kappa shape index (κ3) is 4.95. The minimum Gasteiger partial charge on any atom is -0.263 e. The highest BCUT2D eigenvalue weighted by Crippen LogP contribution is 2.29. The number of aromatic nitrogens is 1. The van der Waals surface area contributed by atoms with Crippen LogP contribution < -0.4 is 4.72 Å². The van der Waals surface area contributed by atoms with Gasteiger partial charge in [0.25, 0.3) is 10.0 Å². The Balaban J connectivity index is 1.75. The molecule has 0 spiro atoms. The molecule has 9 heteroatoms. The highest BCUT2D eigenvalue weighted by molar-refractivity contribution is 7.92. The number of pyridine rings is 1. The summed E-state index contributed by atoms with van der Waals surface area (Å²) in [5.74, 6) is 0.189. The van der Waals surface area contributed by atoms with Crippen molar-refractivity contribution >= 4 is 27.7 Å². The van der Waals surface area contributed by atoms with E-state index in [2.05, 4.69) is 14.7 Å². The van der Waals surface area contributed by atoms with Gasteiger partial charge in [-0.2, -0.15) is 13.2 Å². The van der Waals surface area contributed by atoms with E-state index < -0.39 is 21.8 Å². The van der Waals surface area contributed by atoms with Crippen molar-refractivity contribution in [3.05, 3.63) is 84.1 Å². The number of hydrogen-bond donors (Lipinski definition) is 1. The van der Waals surface area contributed by atoms with Crippen LogP contribution in [0.1, 0.15) is 11.1 Å². The molecule has 0 aliphatic carbocycles. The maximum atomic E-state index is 12.7. The summed E-state index contributed by atoms with van der Waals surface area (Å²) in [6.07, 6.45) is -1.69. The number of nitrogens with zero attached hydrogens (tertiary/aromatic N) is 2. The normalized spacial score (nSPS) is 12.2. The van der Waals surface area contributed by atoms with Crippen LogP contribution in [-0.4, -0.2) is 19.6 Å². The number of alkyl halides is 3. The summed E-state index contributed by atoms with van der Waals surface area (Å²) < 4.78 is 65.2. The molecule has 2 aromatic carbocycles. The summed E-state index contributed by atoms with van der Waals surface area (Å²) in [5.41, 5.74) is -0.0870. The van der Waals surface area contributed by atoms with Crippen molar-refractivity contribution in [1.29, 1.82) is 0 Å². The average molecular weight is 405 g/mol. The molecule has 3 aromatic rings. The van der Waals surface area contributed by atoms with E-state index in [0.717, 1.165) is 12.1 Å². The third-order valence-corrected chi connectivity index (χ3v) is 5.00. The molecule has 0 fully saturated rings. The van der Waals surface area contributed by atoms with E-state index in [1.807, 2.05) is 0 Å². The monoisotopic (exact) mass is 405 g/mol. The molecule has 5 nitrogen and oxygen atoms in total.